The summed E-state index contributed by atoms with van der Waals surface area (Å²) in [5.41, 5.74) is 1.82. The maximum Gasteiger partial charge on any atom is 0.251 e. The second-order valence-electron chi connectivity index (χ2n) is 6.11. The van der Waals surface area contributed by atoms with Crippen LogP contribution in [0.25, 0.3) is 0 Å². The summed E-state index contributed by atoms with van der Waals surface area (Å²) in [5.74, 6) is 0.624. The molecule has 0 bridgehead atoms. The van der Waals surface area contributed by atoms with Crippen LogP contribution in [-0.4, -0.2) is 45.4 Å². The number of nitrogens with zero attached hydrogens (tertiary/aromatic N) is 1. The molecule has 0 aliphatic carbocycles. The summed E-state index contributed by atoms with van der Waals surface area (Å²) in [4.78, 5) is 14.8. The number of benzene rings is 2. The van der Waals surface area contributed by atoms with Crippen LogP contribution in [0.15, 0.2) is 54.6 Å². The normalized spacial score (nSPS) is 16.7. The first kappa shape index (κ1) is 17.3. The highest BCUT2D eigenvalue weighted by Crippen LogP contribution is 2.20. The Balaban J connectivity index is 1.55. The number of methoxy groups -OCH3 is 1. The van der Waals surface area contributed by atoms with Gasteiger partial charge in [0, 0.05) is 37.5 Å². The van der Waals surface area contributed by atoms with Gasteiger partial charge >= 0.3 is 0 Å². The summed E-state index contributed by atoms with van der Waals surface area (Å²) in [7, 11) is 1.63. The van der Waals surface area contributed by atoms with Gasteiger partial charge in [0.2, 0.25) is 0 Å². The number of anilines is 1. The van der Waals surface area contributed by atoms with Crippen LogP contribution in [0.5, 0.6) is 5.75 Å². The minimum absolute atomic E-state index is 0.0582. The Morgan fingerprint density at radius 3 is 2.80 bits per heavy atom. The Labute approximate surface area is 148 Å². The van der Waals surface area contributed by atoms with Gasteiger partial charge in [-0.1, -0.05) is 24.3 Å². The molecule has 1 heterocycles. The van der Waals surface area contributed by atoms with E-state index in [9.17, 15) is 4.79 Å². The molecule has 1 N–H and O–H groups in total. The van der Waals surface area contributed by atoms with Crippen LogP contribution in [0.3, 0.4) is 0 Å². The molecule has 0 spiro atoms. The predicted molar refractivity (Wildman–Crippen MR) is 98.3 cm³/mol. The van der Waals surface area contributed by atoms with Crippen molar-refractivity contribution >= 4 is 11.6 Å². The molecule has 1 fully saturated rings. The number of rotatable bonds is 7. The monoisotopic (exact) mass is 340 g/mol. The maximum absolute atomic E-state index is 12.5. The van der Waals surface area contributed by atoms with E-state index >= 15 is 0 Å². The Hall–Kier alpha value is -2.53. The molecule has 0 aromatic heterocycles. The number of hydrogen-bond acceptors (Lipinski definition) is 4. The molecule has 5 nitrogen and oxygen atoms in total. The minimum atomic E-state index is -0.0582. The molecule has 2 aromatic rings. The number of ether oxygens (including phenoxy) is 2. The van der Waals surface area contributed by atoms with Crippen LogP contribution >= 0.6 is 0 Å². The molecule has 25 heavy (non-hydrogen) atoms. The van der Waals surface area contributed by atoms with Crippen LogP contribution in [0.4, 0.5) is 5.69 Å². The molecular weight excluding hydrogens is 316 g/mol. The SMILES string of the molecule is COCCOc1cccc(C(=O)N[C@H]2CCN(c3ccccc3)C2)c1. The second kappa shape index (κ2) is 8.53. The van der Waals surface area contributed by atoms with Crippen LogP contribution in [0, 0.1) is 0 Å². The molecule has 1 aliphatic heterocycles. The smallest absolute Gasteiger partial charge is 0.251 e. The van der Waals surface area contributed by atoms with Gasteiger partial charge in [-0.3, -0.25) is 4.79 Å². The van der Waals surface area contributed by atoms with Crippen molar-refractivity contribution in [1.29, 1.82) is 0 Å². The third kappa shape index (κ3) is 4.73. The van der Waals surface area contributed by atoms with Gasteiger partial charge in [-0.05, 0) is 36.8 Å². The van der Waals surface area contributed by atoms with E-state index in [1.54, 1.807) is 13.2 Å². The summed E-state index contributed by atoms with van der Waals surface area (Å²) in [6.07, 6.45) is 0.949. The van der Waals surface area contributed by atoms with E-state index in [2.05, 4.69) is 22.3 Å². The summed E-state index contributed by atoms with van der Waals surface area (Å²) in [5, 5.41) is 3.13. The Morgan fingerprint density at radius 2 is 2.00 bits per heavy atom. The molecule has 1 saturated heterocycles. The van der Waals surface area contributed by atoms with Gasteiger partial charge in [0.1, 0.15) is 12.4 Å². The Kier molecular flexibility index (Phi) is 5.90. The van der Waals surface area contributed by atoms with E-state index in [0.717, 1.165) is 19.5 Å². The molecule has 1 amide bonds. The number of hydrogen-bond donors (Lipinski definition) is 1. The fraction of sp³-hybridized carbons (Fsp3) is 0.350. The molecule has 0 unspecified atom stereocenters. The molecule has 1 aliphatic rings. The van der Waals surface area contributed by atoms with E-state index < -0.39 is 0 Å². The van der Waals surface area contributed by atoms with Gasteiger partial charge in [-0.25, -0.2) is 0 Å². The largest absolute Gasteiger partial charge is 0.491 e. The van der Waals surface area contributed by atoms with E-state index in [4.69, 9.17) is 9.47 Å². The van der Waals surface area contributed by atoms with Crippen LogP contribution in [0.2, 0.25) is 0 Å². The quantitative estimate of drug-likeness (QED) is 0.788. The van der Waals surface area contributed by atoms with E-state index in [-0.39, 0.29) is 11.9 Å². The highest BCUT2D eigenvalue weighted by atomic mass is 16.5. The lowest BCUT2D eigenvalue weighted by Gasteiger charge is -2.19. The first-order chi connectivity index (χ1) is 12.3. The molecule has 0 saturated carbocycles. The van der Waals surface area contributed by atoms with Gasteiger partial charge in [0.05, 0.1) is 6.61 Å². The first-order valence-electron chi connectivity index (χ1n) is 8.59. The zero-order chi connectivity index (χ0) is 17.5. The van der Waals surface area contributed by atoms with Gasteiger partial charge in [0.15, 0.2) is 0 Å². The summed E-state index contributed by atoms with van der Waals surface area (Å²) < 4.78 is 10.5. The van der Waals surface area contributed by atoms with Crippen molar-refractivity contribution in [2.45, 2.75) is 12.5 Å². The Morgan fingerprint density at radius 1 is 1.16 bits per heavy atom. The van der Waals surface area contributed by atoms with E-state index in [0.29, 0.717) is 24.5 Å². The van der Waals surface area contributed by atoms with Crippen molar-refractivity contribution in [3.05, 3.63) is 60.2 Å². The molecular formula is C20H24N2O3. The van der Waals surface area contributed by atoms with E-state index in [1.807, 2.05) is 36.4 Å². The average Bonchev–Trinajstić information content (AvgIpc) is 3.11. The van der Waals surface area contributed by atoms with Crippen molar-refractivity contribution in [1.82, 2.24) is 5.32 Å². The van der Waals surface area contributed by atoms with Gasteiger partial charge in [-0.2, -0.15) is 0 Å². The topological polar surface area (TPSA) is 50.8 Å². The van der Waals surface area contributed by atoms with Gasteiger partial charge < -0.3 is 19.7 Å². The third-order valence-electron chi connectivity index (χ3n) is 4.30. The molecule has 1 atom stereocenters. The van der Waals surface area contributed by atoms with Gasteiger partial charge in [-0.15, -0.1) is 0 Å². The lowest BCUT2D eigenvalue weighted by atomic mass is 10.1. The maximum atomic E-state index is 12.5. The van der Waals surface area contributed by atoms with E-state index in [1.165, 1.54) is 5.69 Å². The van der Waals surface area contributed by atoms with Crippen LogP contribution < -0.4 is 15.0 Å². The molecule has 5 heteroatoms. The molecule has 132 valence electrons. The zero-order valence-electron chi connectivity index (χ0n) is 14.5. The lowest BCUT2D eigenvalue weighted by Crippen LogP contribution is -2.37. The highest BCUT2D eigenvalue weighted by molar-refractivity contribution is 5.94. The number of amides is 1. The summed E-state index contributed by atoms with van der Waals surface area (Å²) in [6, 6.07) is 17.7. The third-order valence-corrected chi connectivity index (χ3v) is 4.30. The number of carbonyl (C=O) groups excluding carboxylic acids is 1. The fourth-order valence-corrected chi connectivity index (χ4v) is 2.99. The summed E-state index contributed by atoms with van der Waals surface area (Å²) in [6.45, 7) is 2.78. The number of para-hydroxylation sites is 1. The van der Waals surface area contributed by atoms with Crippen molar-refractivity contribution < 1.29 is 14.3 Å². The average molecular weight is 340 g/mol. The van der Waals surface area contributed by atoms with Crippen molar-refractivity contribution in [2.24, 2.45) is 0 Å². The minimum Gasteiger partial charge on any atom is -0.491 e. The second-order valence-corrected chi connectivity index (χ2v) is 6.11. The van der Waals surface area contributed by atoms with Crippen molar-refractivity contribution in [3.63, 3.8) is 0 Å². The molecule has 0 radical (unpaired) electrons. The number of nitrogens with one attached hydrogen (secondary N) is 1. The molecule has 2 aromatic carbocycles. The van der Waals surface area contributed by atoms with Crippen LogP contribution in [0.1, 0.15) is 16.8 Å². The van der Waals surface area contributed by atoms with Crippen molar-refractivity contribution in [3.8, 4) is 5.75 Å². The van der Waals surface area contributed by atoms with Crippen LogP contribution in [-0.2, 0) is 4.74 Å². The predicted octanol–water partition coefficient (Wildman–Crippen LogP) is 2.72. The highest BCUT2D eigenvalue weighted by Gasteiger charge is 2.24. The molecule has 3 rings (SSSR count). The van der Waals surface area contributed by atoms with Crippen molar-refractivity contribution in [2.75, 3.05) is 38.3 Å². The number of carbonyl (C=O) groups is 1. The first-order valence-corrected chi connectivity index (χ1v) is 8.59. The van der Waals surface area contributed by atoms with Gasteiger partial charge in [0.25, 0.3) is 5.91 Å². The standard InChI is InChI=1S/C20H24N2O3/c1-24-12-13-25-19-9-5-6-16(14-19)20(23)21-17-10-11-22(15-17)18-7-3-2-4-8-18/h2-9,14,17H,10-13,15H2,1H3,(H,21,23)/t17-/m0/s1. The summed E-state index contributed by atoms with van der Waals surface area (Å²) >= 11 is 0. The lowest BCUT2D eigenvalue weighted by molar-refractivity contribution is 0.0939. The zero-order valence-corrected chi connectivity index (χ0v) is 14.5. The fourth-order valence-electron chi connectivity index (χ4n) is 2.99. The Bertz CT molecular complexity index is 690.